The zero-order chi connectivity index (χ0) is 13.1. The molecule has 92 valence electrons. The Labute approximate surface area is 110 Å². The summed E-state index contributed by atoms with van der Waals surface area (Å²) in [5, 5.41) is 14.0. The van der Waals surface area contributed by atoms with Gasteiger partial charge in [-0.05, 0) is 17.1 Å². The average molecular weight is 311 g/mol. The number of nitrogens with zero attached hydrogens (tertiary/aromatic N) is 4. The van der Waals surface area contributed by atoms with Crippen molar-refractivity contribution in [3.05, 3.63) is 50.7 Å². The number of halogens is 1. The predicted molar refractivity (Wildman–Crippen MR) is 65.1 cm³/mol. The van der Waals surface area contributed by atoms with Crippen molar-refractivity contribution in [2.75, 3.05) is 0 Å². The molecule has 18 heavy (non-hydrogen) atoms. The molecular weight excluding hydrogens is 304 g/mol. The van der Waals surface area contributed by atoms with Crippen molar-refractivity contribution < 1.29 is 9.72 Å². The Kier molecular flexibility index (Phi) is 3.47. The van der Waals surface area contributed by atoms with Gasteiger partial charge < -0.3 is 10.1 Å². The molecule has 0 aliphatic rings. The van der Waals surface area contributed by atoms with Crippen LogP contribution < -0.4 is 0 Å². The molecule has 0 spiro atoms. The number of carbonyl (C=O) groups excluding carboxylic acids is 1. The van der Waals surface area contributed by atoms with Crippen molar-refractivity contribution >= 4 is 27.7 Å². The van der Waals surface area contributed by atoms with E-state index in [2.05, 4.69) is 26.0 Å². The number of rotatable bonds is 4. The fourth-order valence-corrected chi connectivity index (χ4v) is 1.58. The number of nitro groups is 1. The first kappa shape index (κ1) is 12.4. The number of hydrogen-bond donors (Lipinski definition) is 0. The molecule has 0 aliphatic heterocycles. The molecule has 0 saturated carbocycles. The zero-order valence-electron chi connectivity index (χ0n) is 8.99. The van der Waals surface area contributed by atoms with E-state index in [0.717, 1.165) is 15.5 Å². The molecule has 0 bridgehead atoms. The Morgan fingerprint density at radius 2 is 2.06 bits per heavy atom. The number of carbonyl (C=O) groups is 1. The Morgan fingerprint density at radius 3 is 2.61 bits per heavy atom. The van der Waals surface area contributed by atoms with Crippen molar-refractivity contribution in [3.63, 3.8) is 0 Å². The molecule has 0 saturated heterocycles. The molecule has 8 heteroatoms. The third kappa shape index (κ3) is 2.77. The van der Waals surface area contributed by atoms with Crippen LogP contribution in [-0.2, 0) is 6.54 Å². The Bertz CT molecular complexity index is 593. The van der Waals surface area contributed by atoms with Gasteiger partial charge in [0.25, 0.3) is 0 Å². The van der Waals surface area contributed by atoms with Crippen LogP contribution in [0.2, 0.25) is 0 Å². The predicted octanol–water partition coefficient (Wildman–Crippen LogP) is 1.83. The number of Topliss-reactive ketones (excluding diaryl/α,β-unsaturated/α-hetero) is 1. The fraction of sp³-hybridized carbons (Fsp3) is 0.100. The summed E-state index contributed by atoms with van der Waals surface area (Å²) in [6.07, 6.45) is 1.16. The molecule has 1 aromatic heterocycles. The van der Waals surface area contributed by atoms with Gasteiger partial charge in [-0.3, -0.25) is 4.79 Å². The second-order valence-electron chi connectivity index (χ2n) is 3.43. The van der Waals surface area contributed by atoms with Gasteiger partial charge in [0.05, 0.1) is 0 Å². The van der Waals surface area contributed by atoms with E-state index in [1.54, 1.807) is 24.3 Å². The van der Waals surface area contributed by atoms with Gasteiger partial charge in [0.2, 0.25) is 6.33 Å². The Morgan fingerprint density at radius 1 is 1.39 bits per heavy atom. The van der Waals surface area contributed by atoms with Crippen molar-refractivity contribution in [2.24, 2.45) is 0 Å². The van der Waals surface area contributed by atoms with Crippen LogP contribution in [0.4, 0.5) is 5.95 Å². The molecule has 2 aromatic rings. The van der Waals surface area contributed by atoms with Gasteiger partial charge in [-0.25, -0.2) is 0 Å². The lowest BCUT2D eigenvalue weighted by Gasteiger charge is -1.98. The monoisotopic (exact) mass is 310 g/mol. The molecule has 7 nitrogen and oxygen atoms in total. The van der Waals surface area contributed by atoms with Crippen molar-refractivity contribution in [2.45, 2.75) is 6.54 Å². The largest absolute Gasteiger partial charge is 0.490 e. The van der Waals surface area contributed by atoms with E-state index in [4.69, 9.17) is 0 Å². The maximum atomic E-state index is 11.8. The van der Waals surface area contributed by atoms with E-state index < -0.39 is 10.9 Å². The highest BCUT2D eigenvalue weighted by atomic mass is 79.9. The second-order valence-corrected chi connectivity index (χ2v) is 4.35. The topological polar surface area (TPSA) is 90.9 Å². The van der Waals surface area contributed by atoms with E-state index in [1.807, 2.05) is 0 Å². The number of benzene rings is 1. The summed E-state index contributed by atoms with van der Waals surface area (Å²) in [6.45, 7) is -0.0809. The van der Waals surface area contributed by atoms with Gasteiger partial charge in [0, 0.05) is 15.1 Å². The van der Waals surface area contributed by atoms with E-state index in [0.29, 0.717) is 5.56 Å². The van der Waals surface area contributed by atoms with Crippen LogP contribution in [0.15, 0.2) is 35.1 Å². The third-order valence-corrected chi connectivity index (χ3v) is 2.69. The molecule has 0 N–H and O–H groups in total. The minimum absolute atomic E-state index is 0.0809. The summed E-state index contributed by atoms with van der Waals surface area (Å²) < 4.78 is 2.01. The number of ketones is 1. The van der Waals surface area contributed by atoms with Gasteiger partial charge in [0.15, 0.2) is 5.78 Å². The molecule has 0 unspecified atom stereocenters. The SMILES string of the molecule is O=C(Cn1cnc([N+](=O)[O-])n1)c1ccc(Br)cc1. The Balaban J connectivity index is 2.11. The summed E-state index contributed by atoms with van der Waals surface area (Å²) in [4.78, 5) is 25.0. The fourth-order valence-electron chi connectivity index (χ4n) is 1.32. The lowest BCUT2D eigenvalue weighted by atomic mass is 10.1. The molecule has 0 radical (unpaired) electrons. The maximum absolute atomic E-state index is 11.8. The van der Waals surface area contributed by atoms with Crippen LogP contribution >= 0.6 is 15.9 Å². The highest BCUT2D eigenvalue weighted by Gasteiger charge is 2.15. The highest BCUT2D eigenvalue weighted by Crippen LogP contribution is 2.11. The molecule has 2 rings (SSSR count). The third-order valence-electron chi connectivity index (χ3n) is 2.16. The molecule has 0 amide bonds. The van der Waals surface area contributed by atoms with Crippen LogP contribution in [0.25, 0.3) is 0 Å². The smallest absolute Gasteiger partial charge is 0.390 e. The molecular formula is C10H7BrN4O3. The summed E-state index contributed by atoms with van der Waals surface area (Å²) >= 11 is 3.27. The number of aromatic nitrogens is 3. The quantitative estimate of drug-likeness (QED) is 0.488. The summed E-state index contributed by atoms with van der Waals surface area (Å²) in [5.41, 5.74) is 0.511. The van der Waals surface area contributed by atoms with E-state index in [-0.39, 0.29) is 12.3 Å². The summed E-state index contributed by atoms with van der Waals surface area (Å²) in [6, 6.07) is 6.82. The second kappa shape index (κ2) is 5.05. The lowest BCUT2D eigenvalue weighted by Crippen LogP contribution is -2.11. The standard InChI is InChI=1S/C10H7BrN4O3/c11-8-3-1-7(2-4-8)9(16)5-14-6-12-10(13-14)15(17)18/h1-4,6H,5H2. The first-order valence-corrected chi connectivity index (χ1v) is 5.68. The molecule has 0 fully saturated rings. The molecule has 0 atom stereocenters. The molecule has 1 heterocycles. The lowest BCUT2D eigenvalue weighted by molar-refractivity contribution is -0.394. The average Bonchev–Trinajstić information content (AvgIpc) is 2.78. The minimum Gasteiger partial charge on any atom is -0.390 e. The van der Waals surface area contributed by atoms with Gasteiger partial charge in [0.1, 0.15) is 6.54 Å². The van der Waals surface area contributed by atoms with Crippen LogP contribution in [0.5, 0.6) is 0 Å². The van der Waals surface area contributed by atoms with Crippen molar-refractivity contribution in [1.29, 1.82) is 0 Å². The molecule has 1 aromatic carbocycles. The Hall–Kier alpha value is -2.09. The first-order chi connectivity index (χ1) is 8.56. The van der Waals surface area contributed by atoms with E-state index in [9.17, 15) is 14.9 Å². The van der Waals surface area contributed by atoms with Crippen LogP contribution in [-0.4, -0.2) is 25.5 Å². The summed E-state index contributed by atoms with van der Waals surface area (Å²) in [7, 11) is 0. The van der Waals surface area contributed by atoms with Gasteiger partial charge >= 0.3 is 5.95 Å². The number of hydrogen-bond acceptors (Lipinski definition) is 5. The first-order valence-electron chi connectivity index (χ1n) is 4.89. The summed E-state index contributed by atoms with van der Waals surface area (Å²) in [5.74, 6) is -0.707. The molecule has 0 aliphatic carbocycles. The maximum Gasteiger partial charge on any atom is 0.490 e. The van der Waals surface area contributed by atoms with Crippen LogP contribution in [0.3, 0.4) is 0 Å². The van der Waals surface area contributed by atoms with Gasteiger partial charge in [-0.15, -0.1) is 0 Å². The van der Waals surface area contributed by atoms with Crippen LogP contribution in [0.1, 0.15) is 10.4 Å². The minimum atomic E-state index is -0.708. The van der Waals surface area contributed by atoms with E-state index in [1.165, 1.54) is 0 Å². The van der Waals surface area contributed by atoms with Crippen LogP contribution in [0, 0.1) is 10.1 Å². The van der Waals surface area contributed by atoms with Crippen molar-refractivity contribution in [1.82, 2.24) is 14.8 Å². The van der Waals surface area contributed by atoms with Gasteiger partial charge in [-0.1, -0.05) is 33.0 Å². The zero-order valence-corrected chi connectivity index (χ0v) is 10.6. The normalized spacial score (nSPS) is 10.3. The highest BCUT2D eigenvalue weighted by molar-refractivity contribution is 9.10. The van der Waals surface area contributed by atoms with Gasteiger partial charge in [-0.2, -0.15) is 4.68 Å². The van der Waals surface area contributed by atoms with Crippen molar-refractivity contribution in [3.8, 4) is 0 Å². The van der Waals surface area contributed by atoms with E-state index >= 15 is 0 Å².